The number of hydrogen-bond donors (Lipinski definition) is 0. The quantitative estimate of drug-likeness (QED) is 0.699. The molecule has 0 aliphatic carbocycles. The van der Waals surface area contributed by atoms with Gasteiger partial charge in [0.1, 0.15) is 0 Å². The van der Waals surface area contributed by atoms with Crippen molar-refractivity contribution in [3.63, 3.8) is 0 Å². The van der Waals surface area contributed by atoms with Crippen LogP contribution in [0.25, 0.3) is 0 Å². The highest BCUT2D eigenvalue weighted by atomic mass is 79.9. The summed E-state index contributed by atoms with van der Waals surface area (Å²) >= 11 is 3.72. The molecule has 1 heteroatoms. The van der Waals surface area contributed by atoms with Gasteiger partial charge in [-0.2, -0.15) is 0 Å². The van der Waals surface area contributed by atoms with Crippen molar-refractivity contribution in [2.75, 3.05) is 0 Å². The summed E-state index contributed by atoms with van der Waals surface area (Å²) in [4.78, 5) is 0.634. The molecule has 1 aromatic rings. The van der Waals surface area contributed by atoms with Crippen LogP contribution in [0.4, 0.5) is 0 Å². The first-order valence-electron chi connectivity index (χ1n) is 5.33. The first kappa shape index (κ1) is 11.8. The molecule has 1 rings (SSSR count). The van der Waals surface area contributed by atoms with Crippen molar-refractivity contribution >= 4 is 15.9 Å². The molecule has 1 unspecified atom stereocenters. The van der Waals surface area contributed by atoms with Gasteiger partial charge in [-0.25, -0.2) is 0 Å². The van der Waals surface area contributed by atoms with Gasteiger partial charge in [0, 0.05) is 4.83 Å². The molecule has 78 valence electrons. The lowest BCUT2D eigenvalue weighted by Gasteiger charge is -2.09. The van der Waals surface area contributed by atoms with Crippen LogP contribution >= 0.6 is 15.9 Å². The summed E-state index contributed by atoms with van der Waals surface area (Å²) in [6.07, 6.45) is 3.66. The average molecular weight is 255 g/mol. The van der Waals surface area contributed by atoms with Crippen molar-refractivity contribution < 1.29 is 0 Å². The van der Waals surface area contributed by atoms with E-state index in [0.29, 0.717) is 4.83 Å². The number of halogens is 1. The number of rotatable bonds is 4. The first-order valence-corrected chi connectivity index (χ1v) is 6.25. The summed E-state index contributed by atoms with van der Waals surface area (Å²) in [5, 5.41) is 0. The second-order valence-corrected chi connectivity index (χ2v) is 5.30. The summed E-state index contributed by atoms with van der Waals surface area (Å²) in [6, 6.07) is 6.77. The van der Waals surface area contributed by atoms with Crippen LogP contribution in [0.5, 0.6) is 0 Å². The van der Waals surface area contributed by atoms with Crippen LogP contribution in [-0.4, -0.2) is 4.83 Å². The van der Waals surface area contributed by atoms with E-state index in [0.717, 1.165) is 6.42 Å². The Morgan fingerprint density at radius 2 is 1.93 bits per heavy atom. The van der Waals surface area contributed by atoms with Crippen LogP contribution in [0.1, 0.15) is 36.5 Å². The van der Waals surface area contributed by atoms with E-state index >= 15 is 0 Å². The molecule has 0 aliphatic heterocycles. The summed E-state index contributed by atoms with van der Waals surface area (Å²) in [7, 11) is 0. The van der Waals surface area contributed by atoms with Crippen LogP contribution < -0.4 is 0 Å². The highest BCUT2D eigenvalue weighted by Gasteiger charge is 2.04. The third kappa shape index (κ3) is 3.45. The maximum absolute atomic E-state index is 3.72. The van der Waals surface area contributed by atoms with Crippen molar-refractivity contribution in [1.29, 1.82) is 0 Å². The van der Waals surface area contributed by atoms with Gasteiger partial charge >= 0.3 is 0 Å². The Morgan fingerprint density at radius 3 is 2.50 bits per heavy atom. The van der Waals surface area contributed by atoms with Gasteiger partial charge in [-0.1, -0.05) is 47.5 Å². The van der Waals surface area contributed by atoms with E-state index in [2.05, 4.69) is 54.9 Å². The Kier molecular flexibility index (Phi) is 4.67. The van der Waals surface area contributed by atoms with Crippen molar-refractivity contribution in [3.8, 4) is 0 Å². The van der Waals surface area contributed by atoms with E-state index in [1.807, 2.05) is 0 Å². The minimum Gasteiger partial charge on any atom is -0.0887 e. The van der Waals surface area contributed by atoms with Crippen LogP contribution in [0.15, 0.2) is 18.2 Å². The molecule has 0 nitrogen and oxygen atoms in total. The molecule has 1 aromatic carbocycles. The summed E-state index contributed by atoms with van der Waals surface area (Å²) in [6.45, 7) is 6.58. The Labute approximate surface area is 95.9 Å². The van der Waals surface area contributed by atoms with E-state index in [1.54, 1.807) is 0 Å². The molecule has 0 radical (unpaired) electrons. The standard InChI is InChI=1S/C13H19Br/c1-4-5-13(14)9-12-7-6-10(2)11(3)8-12/h6-8,13H,4-5,9H2,1-3H3. The van der Waals surface area contributed by atoms with Crippen molar-refractivity contribution in [2.45, 2.75) is 44.9 Å². The van der Waals surface area contributed by atoms with Crippen LogP contribution in [0.3, 0.4) is 0 Å². The SMILES string of the molecule is CCCC(Br)Cc1ccc(C)c(C)c1. The fourth-order valence-electron chi connectivity index (χ4n) is 1.60. The van der Waals surface area contributed by atoms with Gasteiger partial charge in [0.05, 0.1) is 0 Å². The smallest absolute Gasteiger partial charge is 0.0186 e. The topological polar surface area (TPSA) is 0 Å². The summed E-state index contributed by atoms with van der Waals surface area (Å²) in [5.74, 6) is 0. The molecule has 0 saturated carbocycles. The van der Waals surface area contributed by atoms with E-state index < -0.39 is 0 Å². The molecule has 1 atom stereocenters. The third-order valence-electron chi connectivity index (χ3n) is 2.63. The fourth-order valence-corrected chi connectivity index (χ4v) is 2.43. The van der Waals surface area contributed by atoms with E-state index in [9.17, 15) is 0 Å². The molecular weight excluding hydrogens is 236 g/mol. The molecular formula is C13H19Br. The lowest BCUT2D eigenvalue weighted by molar-refractivity contribution is 0.744. The Hall–Kier alpha value is -0.300. The predicted octanol–water partition coefficient (Wildman–Crippen LogP) is 4.41. The first-order chi connectivity index (χ1) is 6.63. The van der Waals surface area contributed by atoms with Gasteiger partial charge in [-0.15, -0.1) is 0 Å². The van der Waals surface area contributed by atoms with Gasteiger partial charge in [-0.3, -0.25) is 0 Å². The second-order valence-electron chi connectivity index (χ2n) is 4.01. The molecule has 0 amide bonds. The van der Waals surface area contributed by atoms with Gasteiger partial charge < -0.3 is 0 Å². The molecule has 0 aromatic heterocycles. The number of hydrogen-bond acceptors (Lipinski definition) is 0. The molecule has 0 heterocycles. The van der Waals surface area contributed by atoms with Crippen LogP contribution in [-0.2, 0) is 6.42 Å². The summed E-state index contributed by atoms with van der Waals surface area (Å²) < 4.78 is 0. The van der Waals surface area contributed by atoms with Crippen molar-refractivity contribution in [1.82, 2.24) is 0 Å². The largest absolute Gasteiger partial charge is 0.0887 e. The van der Waals surface area contributed by atoms with Gasteiger partial charge in [0.15, 0.2) is 0 Å². The van der Waals surface area contributed by atoms with E-state index in [1.165, 1.54) is 29.5 Å². The predicted molar refractivity (Wildman–Crippen MR) is 67.2 cm³/mol. The highest BCUT2D eigenvalue weighted by Crippen LogP contribution is 2.17. The minimum absolute atomic E-state index is 0.634. The van der Waals surface area contributed by atoms with Gasteiger partial charge in [0.2, 0.25) is 0 Å². The Bertz CT molecular complexity index is 291. The molecule has 0 aliphatic rings. The molecule has 0 fully saturated rings. The van der Waals surface area contributed by atoms with Crippen LogP contribution in [0, 0.1) is 13.8 Å². The van der Waals surface area contributed by atoms with E-state index in [4.69, 9.17) is 0 Å². The summed E-state index contributed by atoms with van der Waals surface area (Å²) in [5.41, 5.74) is 4.23. The Balaban J connectivity index is 2.63. The maximum atomic E-state index is 3.72. The average Bonchev–Trinajstić information content (AvgIpc) is 2.12. The minimum atomic E-state index is 0.634. The third-order valence-corrected chi connectivity index (χ3v) is 3.41. The fraction of sp³-hybridized carbons (Fsp3) is 0.538. The van der Waals surface area contributed by atoms with E-state index in [-0.39, 0.29) is 0 Å². The monoisotopic (exact) mass is 254 g/mol. The number of aryl methyl sites for hydroxylation is 2. The number of alkyl halides is 1. The molecule has 14 heavy (non-hydrogen) atoms. The Morgan fingerprint density at radius 1 is 1.21 bits per heavy atom. The normalized spacial score (nSPS) is 12.9. The second kappa shape index (κ2) is 5.55. The molecule has 0 bridgehead atoms. The van der Waals surface area contributed by atoms with Crippen molar-refractivity contribution in [2.24, 2.45) is 0 Å². The molecule has 0 saturated heterocycles. The van der Waals surface area contributed by atoms with Gasteiger partial charge in [-0.05, 0) is 43.4 Å². The van der Waals surface area contributed by atoms with Crippen LogP contribution in [0.2, 0.25) is 0 Å². The number of benzene rings is 1. The molecule has 0 spiro atoms. The lowest BCUT2D eigenvalue weighted by atomic mass is 10.0. The van der Waals surface area contributed by atoms with Gasteiger partial charge in [0.25, 0.3) is 0 Å². The zero-order valence-electron chi connectivity index (χ0n) is 9.31. The zero-order chi connectivity index (χ0) is 10.6. The molecule has 0 N–H and O–H groups in total. The lowest BCUT2D eigenvalue weighted by Crippen LogP contribution is -2.02. The zero-order valence-corrected chi connectivity index (χ0v) is 10.9. The van der Waals surface area contributed by atoms with Crippen molar-refractivity contribution in [3.05, 3.63) is 34.9 Å². The maximum Gasteiger partial charge on any atom is 0.0186 e. The highest BCUT2D eigenvalue weighted by molar-refractivity contribution is 9.09.